The summed E-state index contributed by atoms with van der Waals surface area (Å²) in [5.74, 6) is 0.772. The van der Waals surface area contributed by atoms with Crippen molar-refractivity contribution >= 4 is 0 Å². The summed E-state index contributed by atoms with van der Waals surface area (Å²) in [5.41, 5.74) is 1.65. The Balaban J connectivity index is 2.47. The summed E-state index contributed by atoms with van der Waals surface area (Å²) in [7, 11) is 0. The number of rotatable bonds is 1. The highest BCUT2D eigenvalue weighted by molar-refractivity contribution is 5.08. The minimum atomic E-state index is 0.772. The number of hydrogen-bond donors (Lipinski definition) is 1. The Bertz CT molecular complexity index is 127. The maximum atomic E-state index is 3.38. The van der Waals surface area contributed by atoms with Crippen LogP contribution in [0.25, 0.3) is 0 Å². The molecule has 1 nitrogen and oxygen atoms in total. The Labute approximate surface area is 63.5 Å². The summed E-state index contributed by atoms with van der Waals surface area (Å²) >= 11 is 0. The summed E-state index contributed by atoms with van der Waals surface area (Å²) < 4.78 is 0. The van der Waals surface area contributed by atoms with Crippen LogP contribution < -0.4 is 5.32 Å². The summed E-state index contributed by atoms with van der Waals surface area (Å²) in [6.07, 6.45) is 4.83. The van der Waals surface area contributed by atoms with Crippen molar-refractivity contribution in [3.63, 3.8) is 0 Å². The van der Waals surface area contributed by atoms with E-state index in [0.29, 0.717) is 0 Å². The fraction of sp³-hybridized carbons (Fsp3) is 0.778. The van der Waals surface area contributed by atoms with Crippen molar-refractivity contribution in [1.82, 2.24) is 5.32 Å². The summed E-state index contributed by atoms with van der Waals surface area (Å²) in [6.45, 7) is 6.86. The molecule has 0 aromatic rings. The van der Waals surface area contributed by atoms with Gasteiger partial charge in [-0.2, -0.15) is 0 Å². The minimum Gasteiger partial charge on any atom is -0.316 e. The van der Waals surface area contributed by atoms with Gasteiger partial charge in [0.05, 0.1) is 0 Å². The average molecular weight is 139 g/mol. The molecule has 0 aliphatic carbocycles. The number of hydrogen-bond acceptors (Lipinski definition) is 1. The van der Waals surface area contributed by atoms with Gasteiger partial charge in [0.1, 0.15) is 0 Å². The lowest BCUT2D eigenvalue weighted by Crippen LogP contribution is -2.29. The predicted molar refractivity (Wildman–Crippen MR) is 45.0 cm³/mol. The zero-order valence-electron chi connectivity index (χ0n) is 6.98. The second kappa shape index (κ2) is 3.77. The molecule has 1 unspecified atom stereocenters. The van der Waals surface area contributed by atoms with Gasteiger partial charge in [-0.25, -0.2) is 0 Å². The lowest BCUT2D eigenvalue weighted by Gasteiger charge is -2.22. The molecule has 1 heteroatoms. The second-order valence-electron chi connectivity index (χ2n) is 3.04. The van der Waals surface area contributed by atoms with Crippen LogP contribution in [0.2, 0.25) is 0 Å². The van der Waals surface area contributed by atoms with Gasteiger partial charge in [-0.3, -0.25) is 0 Å². The van der Waals surface area contributed by atoms with Crippen molar-refractivity contribution < 1.29 is 0 Å². The monoisotopic (exact) mass is 139 g/mol. The smallest absolute Gasteiger partial charge is 0.00143 e. The van der Waals surface area contributed by atoms with E-state index in [1.807, 2.05) is 0 Å². The molecule has 0 bridgehead atoms. The quantitative estimate of drug-likeness (QED) is 0.547. The largest absolute Gasteiger partial charge is 0.316 e. The van der Waals surface area contributed by atoms with Gasteiger partial charge in [0, 0.05) is 6.54 Å². The number of nitrogens with one attached hydrogen (secondary N) is 1. The van der Waals surface area contributed by atoms with E-state index in [4.69, 9.17) is 0 Å². The Hall–Kier alpha value is -0.300. The highest BCUT2D eigenvalue weighted by atomic mass is 14.9. The third kappa shape index (κ3) is 1.84. The average Bonchev–Trinajstić information content (AvgIpc) is 1.94. The van der Waals surface area contributed by atoms with Gasteiger partial charge in [0.2, 0.25) is 0 Å². The minimum absolute atomic E-state index is 0.772. The molecule has 1 fully saturated rings. The van der Waals surface area contributed by atoms with E-state index in [9.17, 15) is 0 Å². The standard InChI is InChI=1S/C9H17N/c1-3-4-9-5-6-10-7-8(9)2/h4,8,10H,3,5-7H2,1-2H3/b9-4-. The summed E-state index contributed by atoms with van der Waals surface area (Å²) in [5, 5.41) is 3.38. The number of piperidine rings is 1. The molecule has 1 rings (SSSR count). The molecule has 0 aromatic carbocycles. The van der Waals surface area contributed by atoms with Crippen LogP contribution in [0.15, 0.2) is 11.6 Å². The van der Waals surface area contributed by atoms with Gasteiger partial charge in [0.25, 0.3) is 0 Å². The van der Waals surface area contributed by atoms with E-state index >= 15 is 0 Å². The van der Waals surface area contributed by atoms with Crippen molar-refractivity contribution in [3.05, 3.63) is 11.6 Å². The Kier molecular flexibility index (Phi) is 2.94. The van der Waals surface area contributed by atoms with Crippen molar-refractivity contribution in [2.45, 2.75) is 26.7 Å². The first-order valence-corrected chi connectivity index (χ1v) is 4.24. The molecule has 1 heterocycles. The van der Waals surface area contributed by atoms with E-state index < -0.39 is 0 Å². The zero-order chi connectivity index (χ0) is 7.40. The third-order valence-corrected chi connectivity index (χ3v) is 2.14. The highest BCUT2D eigenvalue weighted by Crippen LogP contribution is 2.17. The maximum absolute atomic E-state index is 3.38. The molecule has 1 aliphatic heterocycles. The maximum Gasteiger partial charge on any atom is 0.00143 e. The molecule has 0 amide bonds. The van der Waals surface area contributed by atoms with Gasteiger partial charge in [0.15, 0.2) is 0 Å². The van der Waals surface area contributed by atoms with Crippen LogP contribution in [0.5, 0.6) is 0 Å². The zero-order valence-corrected chi connectivity index (χ0v) is 6.98. The molecule has 0 saturated carbocycles. The fourth-order valence-corrected chi connectivity index (χ4v) is 1.49. The van der Waals surface area contributed by atoms with Crippen molar-refractivity contribution in [2.24, 2.45) is 5.92 Å². The third-order valence-electron chi connectivity index (χ3n) is 2.14. The van der Waals surface area contributed by atoms with Crippen molar-refractivity contribution in [2.75, 3.05) is 13.1 Å². The summed E-state index contributed by atoms with van der Waals surface area (Å²) in [4.78, 5) is 0. The molecular formula is C9H17N. The Morgan fingerprint density at radius 2 is 2.50 bits per heavy atom. The summed E-state index contributed by atoms with van der Waals surface area (Å²) in [6, 6.07) is 0. The van der Waals surface area contributed by atoms with Crippen LogP contribution in [0, 0.1) is 5.92 Å². The topological polar surface area (TPSA) is 12.0 Å². The van der Waals surface area contributed by atoms with Crippen LogP contribution in [-0.2, 0) is 0 Å². The number of allylic oxidation sites excluding steroid dienone is 1. The predicted octanol–water partition coefficient (Wildman–Crippen LogP) is 1.95. The van der Waals surface area contributed by atoms with Gasteiger partial charge >= 0.3 is 0 Å². The molecule has 0 aromatic heterocycles. The molecule has 1 atom stereocenters. The van der Waals surface area contributed by atoms with Gasteiger partial charge in [-0.15, -0.1) is 0 Å². The molecule has 1 saturated heterocycles. The lowest BCUT2D eigenvalue weighted by molar-refractivity contribution is 0.499. The first kappa shape index (κ1) is 7.80. The van der Waals surface area contributed by atoms with Crippen LogP contribution in [0.3, 0.4) is 0 Å². The normalized spacial score (nSPS) is 31.0. The van der Waals surface area contributed by atoms with Gasteiger partial charge in [-0.1, -0.05) is 25.5 Å². The Morgan fingerprint density at radius 1 is 1.70 bits per heavy atom. The highest BCUT2D eigenvalue weighted by Gasteiger charge is 2.11. The van der Waals surface area contributed by atoms with E-state index in [2.05, 4.69) is 25.2 Å². The van der Waals surface area contributed by atoms with Crippen LogP contribution >= 0.6 is 0 Å². The molecular weight excluding hydrogens is 122 g/mol. The first-order valence-electron chi connectivity index (χ1n) is 4.24. The van der Waals surface area contributed by atoms with Crippen molar-refractivity contribution in [1.29, 1.82) is 0 Å². The first-order chi connectivity index (χ1) is 4.84. The van der Waals surface area contributed by atoms with E-state index in [0.717, 1.165) is 5.92 Å². The molecule has 1 aliphatic rings. The van der Waals surface area contributed by atoms with E-state index in [1.54, 1.807) is 5.57 Å². The van der Waals surface area contributed by atoms with E-state index in [-0.39, 0.29) is 0 Å². The Morgan fingerprint density at radius 3 is 3.10 bits per heavy atom. The fourth-order valence-electron chi connectivity index (χ4n) is 1.49. The SMILES string of the molecule is CC/C=C1/CCNCC1C. The van der Waals surface area contributed by atoms with E-state index in [1.165, 1.54) is 25.9 Å². The second-order valence-corrected chi connectivity index (χ2v) is 3.04. The van der Waals surface area contributed by atoms with Crippen LogP contribution in [0.4, 0.5) is 0 Å². The molecule has 1 N–H and O–H groups in total. The van der Waals surface area contributed by atoms with Gasteiger partial charge < -0.3 is 5.32 Å². The molecule has 0 spiro atoms. The lowest BCUT2D eigenvalue weighted by atomic mass is 9.94. The molecule has 0 radical (unpaired) electrons. The van der Waals surface area contributed by atoms with Crippen LogP contribution in [-0.4, -0.2) is 13.1 Å². The van der Waals surface area contributed by atoms with Gasteiger partial charge in [-0.05, 0) is 25.3 Å². The van der Waals surface area contributed by atoms with Crippen molar-refractivity contribution in [3.8, 4) is 0 Å². The van der Waals surface area contributed by atoms with Crippen LogP contribution in [0.1, 0.15) is 26.7 Å². The molecule has 10 heavy (non-hydrogen) atoms. The molecule has 58 valence electrons.